The van der Waals surface area contributed by atoms with Crippen molar-refractivity contribution in [3.8, 4) is 11.5 Å². The molecule has 9 heteroatoms. The van der Waals surface area contributed by atoms with Crippen LogP contribution in [0.4, 0.5) is 5.69 Å². The van der Waals surface area contributed by atoms with E-state index in [1.165, 1.54) is 14.0 Å². The summed E-state index contributed by atoms with van der Waals surface area (Å²) in [7, 11) is -0.629. The minimum absolute atomic E-state index is 0.360. The fourth-order valence-corrected chi connectivity index (χ4v) is 4.24. The Kier molecular flexibility index (Phi) is 7.37. The number of hydrogen-bond acceptors (Lipinski definition) is 5. The molecule has 2 rings (SSSR count). The van der Waals surface area contributed by atoms with E-state index in [4.69, 9.17) is 21.1 Å². The molecule has 158 valence electrons. The summed E-state index contributed by atoms with van der Waals surface area (Å²) >= 11 is 5.89. The van der Waals surface area contributed by atoms with Crippen LogP contribution in [-0.2, 0) is 14.8 Å². The van der Waals surface area contributed by atoms with Crippen LogP contribution in [-0.4, -0.2) is 40.8 Å². The van der Waals surface area contributed by atoms with Crippen LogP contribution in [0, 0.1) is 0 Å². The maximum absolute atomic E-state index is 12.8. The van der Waals surface area contributed by atoms with Gasteiger partial charge in [0.2, 0.25) is 15.9 Å². The van der Waals surface area contributed by atoms with Gasteiger partial charge in [0, 0.05) is 5.02 Å². The van der Waals surface area contributed by atoms with E-state index in [0.717, 1.165) is 16.1 Å². The molecule has 0 bridgehead atoms. The summed E-state index contributed by atoms with van der Waals surface area (Å²) in [5.41, 5.74) is 1.15. The summed E-state index contributed by atoms with van der Waals surface area (Å²) in [6, 6.07) is 10.3. The molecule has 2 aromatic carbocycles. The predicted molar refractivity (Wildman–Crippen MR) is 114 cm³/mol. The van der Waals surface area contributed by atoms with Crippen molar-refractivity contribution < 1.29 is 22.7 Å². The van der Waals surface area contributed by atoms with E-state index >= 15 is 0 Å². The van der Waals surface area contributed by atoms with Crippen LogP contribution in [0.3, 0.4) is 0 Å². The number of hydrogen-bond donors (Lipinski definition) is 1. The number of sulfonamides is 1. The Morgan fingerprint density at radius 2 is 1.62 bits per heavy atom. The molecule has 1 N–H and O–H groups in total. The SMILES string of the molecule is COc1ccc([C@@H](C)NC(=O)[C@H](C)N(c2ccc(Cl)cc2)S(C)(=O)=O)cc1OC. The van der Waals surface area contributed by atoms with Crippen LogP contribution >= 0.6 is 11.6 Å². The van der Waals surface area contributed by atoms with Crippen molar-refractivity contribution in [1.29, 1.82) is 0 Å². The molecule has 7 nitrogen and oxygen atoms in total. The second-order valence-corrected chi connectivity index (χ2v) is 8.85. The van der Waals surface area contributed by atoms with Crippen molar-refractivity contribution in [3.63, 3.8) is 0 Å². The highest BCUT2D eigenvalue weighted by Crippen LogP contribution is 2.30. The Bertz CT molecular complexity index is 963. The summed E-state index contributed by atoms with van der Waals surface area (Å²) in [5.74, 6) is 0.680. The summed E-state index contributed by atoms with van der Waals surface area (Å²) in [6.45, 7) is 3.34. The second-order valence-electron chi connectivity index (χ2n) is 6.56. The minimum Gasteiger partial charge on any atom is -0.493 e. The zero-order valence-electron chi connectivity index (χ0n) is 17.0. The number of methoxy groups -OCH3 is 2. The first-order valence-corrected chi connectivity index (χ1v) is 11.1. The normalized spacial score (nSPS) is 13.3. The topological polar surface area (TPSA) is 84.9 Å². The van der Waals surface area contributed by atoms with Crippen LogP contribution in [0.5, 0.6) is 11.5 Å². The molecule has 29 heavy (non-hydrogen) atoms. The fraction of sp³-hybridized carbons (Fsp3) is 0.350. The summed E-state index contributed by atoms with van der Waals surface area (Å²) in [6.07, 6.45) is 1.06. The zero-order valence-corrected chi connectivity index (χ0v) is 18.5. The van der Waals surface area contributed by atoms with Gasteiger partial charge in [0.05, 0.1) is 32.2 Å². The van der Waals surface area contributed by atoms with Gasteiger partial charge in [-0.05, 0) is 55.8 Å². The van der Waals surface area contributed by atoms with E-state index in [0.29, 0.717) is 22.2 Å². The van der Waals surface area contributed by atoms with Crippen molar-refractivity contribution in [3.05, 3.63) is 53.1 Å². The maximum Gasteiger partial charge on any atom is 0.244 e. The van der Waals surface area contributed by atoms with Crippen LogP contribution in [0.15, 0.2) is 42.5 Å². The van der Waals surface area contributed by atoms with Gasteiger partial charge < -0.3 is 14.8 Å². The molecule has 0 aliphatic heterocycles. The Balaban J connectivity index is 2.24. The number of halogens is 1. The Hall–Kier alpha value is -2.45. The highest BCUT2D eigenvalue weighted by molar-refractivity contribution is 7.92. The van der Waals surface area contributed by atoms with Crippen molar-refractivity contribution in [2.24, 2.45) is 0 Å². The van der Waals surface area contributed by atoms with Gasteiger partial charge in [-0.15, -0.1) is 0 Å². The first kappa shape index (κ1) is 22.8. The van der Waals surface area contributed by atoms with Crippen LogP contribution < -0.4 is 19.1 Å². The average Bonchev–Trinajstić information content (AvgIpc) is 2.67. The molecule has 0 saturated heterocycles. The van der Waals surface area contributed by atoms with Crippen molar-refractivity contribution >= 4 is 33.2 Å². The van der Waals surface area contributed by atoms with Crippen molar-refractivity contribution in [1.82, 2.24) is 5.32 Å². The standard InChI is InChI=1S/C20H25ClN2O5S/c1-13(15-6-11-18(27-3)19(12-15)28-4)22-20(24)14(2)23(29(5,25)26)17-9-7-16(21)8-10-17/h6-14H,1-5H3,(H,22,24)/t13-,14+/m1/s1. The third kappa shape index (κ3) is 5.55. The van der Waals surface area contributed by atoms with Gasteiger partial charge in [-0.25, -0.2) is 8.42 Å². The highest BCUT2D eigenvalue weighted by atomic mass is 35.5. The molecule has 1 amide bonds. The van der Waals surface area contributed by atoms with E-state index in [2.05, 4.69) is 5.32 Å². The van der Waals surface area contributed by atoms with Crippen LogP contribution in [0.25, 0.3) is 0 Å². The lowest BCUT2D eigenvalue weighted by Crippen LogP contribution is -2.48. The summed E-state index contributed by atoms with van der Waals surface area (Å²) < 4.78 is 36.3. The summed E-state index contributed by atoms with van der Waals surface area (Å²) in [4.78, 5) is 12.8. The number of carbonyl (C=O) groups is 1. The highest BCUT2D eigenvalue weighted by Gasteiger charge is 2.30. The number of ether oxygens (including phenoxy) is 2. The van der Waals surface area contributed by atoms with E-state index in [1.807, 2.05) is 6.07 Å². The number of rotatable bonds is 8. The Morgan fingerprint density at radius 1 is 1.03 bits per heavy atom. The molecule has 0 aliphatic rings. The molecule has 2 atom stereocenters. The van der Waals surface area contributed by atoms with Gasteiger partial charge in [0.25, 0.3) is 0 Å². The molecule has 0 saturated carbocycles. The number of nitrogens with one attached hydrogen (secondary N) is 1. The van der Waals surface area contributed by atoms with E-state index in [9.17, 15) is 13.2 Å². The lowest BCUT2D eigenvalue weighted by molar-refractivity contribution is -0.122. The molecule has 0 spiro atoms. The molecule has 0 aromatic heterocycles. The quantitative estimate of drug-likeness (QED) is 0.680. The molecule has 0 unspecified atom stereocenters. The van der Waals surface area contributed by atoms with Crippen molar-refractivity contribution in [2.75, 3.05) is 24.8 Å². The first-order valence-electron chi connectivity index (χ1n) is 8.85. The molecular weight excluding hydrogens is 416 g/mol. The van der Waals surface area contributed by atoms with E-state index in [1.54, 1.807) is 50.4 Å². The van der Waals surface area contributed by atoms with Crippen LogP contribution in [0.2, 0.25) is 5.02 Å². The molecule has 2 aromatic rings. The third-order valence-corrected chi connectivity index (χ3v) is 5.93. The van der Waals surface area contributed by atoms with E-state index < -0.39 is 22.0 Å². The molecule has 0 aliphatic carbocycles. The molecular formula is C20H25ClN2O5S. The fourth-order valence-electron chi connectivity index (χ4n) is 2.94. The monoisotopic (exact) mass is 440 g/mol. The third-order valence-electron chi connectivity index (χ3n) is 4.44. The minimum atomic E-state index is -3.70. The van der Waals surface area contributed by atoms with Gasteiger partial charge in [-0.1, -0.05) is 17.7 Å². The van der Waals surface area contributed by atoms with E-state index in [-0.39, 0.29) is 6.04 Å². The number of amides is 1. The predicted octanol–water partition coefficient (Wildman–Crippen LogP) is 3.39. The Labute approximate surface area is 176 Å². The number of carbonyl (C=O) groups excluding carboxylic acids is 1. The van der Waals surface area contributed by atoms with Gasteiger partial charge in [0.15, 0.2) is 11.5 Å². The van der Waals surface area contributed by atoms with Crippen molar-refractivity contribution in [2.45, 2.75) is 25.9 Å². The van der Waals surface area contributed by atoms with Gasteiger partial charge >= 0.3 is 0 Å². The number of anilines is 1. The lowest BCUT2D eigenvalue weighted by atomic mass is 10.1. The Morgan fingerprint density at radius 3 is 2.14 bits per heavy atom. The van der Waals surface area contributed by atoms with Crippen LogP contribution in [0.1, 0.15) is 25.5 Å². The maximum atomic E-state index is 12.8. The summed E-state index contributed by atoms with van der Waals surface area (Å²) in [5, 5.41) is 3.32. The second kappa shape index (κ2) is 9.37. The molecule has 0 heterocycles. The van der Waals surface area contributed by atoms with Gasteiger partial charge in [-0.3, -0.25) is 9.10 Å². The average molecular weight is 441 g/mol. The first-order chi connectivity index (χ1) is 13.6. The number of benzene rings is 2. The smallest absolute Gasteiger partial charge is 0.244 e. The largest absolute Gasteiger partial charge is 0.493 e. The zero-order chi connectivity index (χ0) is 21.8. The molecule has 0 radical (unpaired) electrons. The molecule has 0 fully saturated rings. The number of nitrogens with zero attached hydrogens (tertiary/aromatic N) is 1. The lowest BCUT2D eigenvalue weighted by Gasteiger charge is -2.29. The van der Waals surface area contributed by atoms with Gasteiger partial charge in [-0.2, -0.15) is 0 Å². The van der Waals surface area contributed by atoms with Gasteiger partial charge in [0.1, 0.15) is 6.04 Å².